The van der Waals surface area contributed by atoms with E-state index < -0.39 is 12.1 Å². The van der Waals surface area contributed by atoms with Crippen LogP contribution in [0.1, 0.15) is 251 Å². The molecule has 302 valence electrons. The minimum absolute atomic E-state index is 0.0699. The van der Waals surface area contributed by atoms with E-state index in [4.69, 9.17) is 0 Å². The molecule has 0 aromatic rings. The highest BCUT2D eigenvalue weighted by Crippen LogP contribution is 2.16. The van der Waals surface area contributed by atoms with Crippen molar-refractivity contribution in [2.75, 3.05) is 6.61 Å². The van der Waals surface area contributed by atoms with Crippen LogP contribution in [0.15, 0.2) is 24.3 Å². The number of nitrogens with one attached hydrogen (secondary N) is 1. The molecule has 0 saturated carbocycles. The Bertz CT molecular complexity index is 735. The fourth-order valence-corrected chi connectivity index (χ4v) is 7.14. The molecule has 51 heavy (non-hydrogen) atoms. The molecule has 1 amide bonds. The van der Waals surface area contributed by atoms with Gasteiger partial charge in [-0.25, -0.2) is 0 Å². The molecular weight excluding hydrogens is 627 g/mol. The van der Waals surface area contributed by atoms with Gasteiger partial charge in [0.2, 0.25) is 5.91 Å². The first-order chi connectivity index (χ1) is 25.2. The molecule has 0 heterocycles. The van der Waals surface area contributed by atoms with E-state index in [1.54, 1.807) is 6.08 Å². The molecule has 0 aromatic carbocycles. The number of amides is 1. The van der Waals surface area contributed by atoms with Crippen molar-refractivity contribution in [3.63, 3.8) is 0 Å². The van der Waals surface area contributed by atoms with Gasteiger partial charge in [0.1, 0.15) is 0 Å². The average Bonchev–Trinajstić information content (AvgIpc) is 3.13. The Morgan fingerprint density at radius 2 is 0.765 bits per heavy atom. The summed E-state index contributed by atoms with van der Waals surface area (Å²) in [5.41, 5.74) is 0. The Hall–Kier alpha value is -1.13. The van der Waals surface area contributed by atoms with Gasteiger partial charge in [-0.3, -0.25) is 4.79 Å². The van der Waals surface area contributed by atoms with E-state index in [9.17, 15) is 15.0 Å². The molecule has 0 aliphatic heterocycles. The van der Waals surface area contributed by atoms with Crippen LogP contribution in [0.5, 0.6) is 0 Å². The first-order valence-corrected chi connectivity index (χ1v) is 23.1. The van der Waals surface area contributed by atoms with Crippen molar-refractivity contribution in [2.45, 2.75) is 264 Å². The van der Waals surface area contributed by atoms with Crippen LogP contribution in [0, 0.1) is 0 Å². The Kier molecular flexibility index (Phi) is 42.3. The summed E-state index contributed by atoms with van der Waals surface area (Å²) in [5.74, 6) is -0.0699. The number of aliphatic hydroxyl groups is 2. The second-order valence-electron chi connectivity index (χ2n) is 15.8. The van der Waals surface area contributed by atoms with Gasteiger partial charge in [0.15, 0.2) is 0 Å². The lowest BCUT2D eigenvalue weighted by atomic mass is 10.0. The molecule has 2 atom stereocenters. The van der Waals surface area contributed by atoms with Crippen molar-refractivity contribution in [2.24, 2.45) is 0 Å². The highest BCUT2D eigenvalue weighted by Gasteiger charge is 2.17. The zero-order valence-corrected chi connectivity index (χ0v) is 34.6. The number of unbranched alkanes of at least 4 members (excludes halogenated alkanes) is 33. The van der Waals surface area contributed by atoms with Crippen molar-refractivity contribution >= 4 is 5.91 Å². The van der Waals surface area contributed by atoms with E-state index >= 15 is 0 Å². The molecular formula is C47H91NO3. The predicted molar refractivity (Wildman–Crippen MR) is 225 cm³/mol. The van der Waals surface area contributed by atoms with E-state index in [1.807, 2.05) is 6.08 Å². The molecule has 4 heteroatoms. The fraction of sp³-hybridized carbons (Fsp3) is 0.894. The largest absolute Gasteiger partial charge is 0.394 e. The van der Waals surface area contributed by atoms with Gasteiger partial charge < -0.3 is 15.5 Å². The van der Waals surface area contributed by atoms with Gasteiger partial charge in [0.05, 0.1) is 18.8 Å². The van der Waals surface area contributed by atoms with Gasteiger partial charge in [0, 0.05) is 6.42 Å². The second kappa shape index (κ2) is 43.3. The number of carbonyl (C=O) groups excluding carboxylic acids is 1. The van der Waals surface area contributed by atoms with Crippen molar-refractivity contribution in [1.82, 2.24) is 5.32 Å². The Labute approximate surface area is 319 Å². The molecule has 0 aromatic heterocycles. The number of aliphatic hydroxyl groups excluding tert-OH is 2. The van der Waals surface area contributed by atoms with E-state index in [0.717, 1.165) is 32.1 Å². The average molecular weight is 718 g/mol. The van der Waals surface area contributed by atoms with Crippen LogP contribution in [0.2, 0.25) is 0 Å². The van der Waals surface area contributed by atoms with Crippen molar-refractivity contribution in [3.8, 4) is 0 Å². The van der Waals surface area contributed by atoms with Crippen molar-refractivity contribution in [3.05, 3.63) is 24.3 Å². The molecule has 0 rings (SSSR count). The van der Waals surface area contributed by atoms with E-state index in [1.165, 1.54) is 199 Å². The first-order valence-electron chi connectivity index (χ1n) is 23.1. The van der Waals surface area contributed by atoms with E-state index in [2.05, 4.69) is 31.3 Å². The van der Waals surface area contributed by atoms with Gasteiger partial charge in [0.25, 0.3) is 0 Å². The third-order valence-corrected chi connectivity index (χ3v) is 10.7. The fourth-order valence-electron chi connectivity index (χ4n) is 7.14. The van der Waals surface area contributed by atoms with Crippen molar-refractivity contribution in [1.29, 1.82) is 0 Å². The molecule has 0 aliphatic rings. The standard InChI is InChI=1S/C47H91NO3/c1-3-5-7-9-11-13-15-17-19-21-22-23-24-25-27-28-30-32-34-36-38-40-42-46(50)45(44-49)48-47(51)43-41-39-37-35-33-31-29-26-20-18-16-14-12-10-8-6-4-2/h32,34,40,42,45-46,49-50H,3-31,33,35-39,41,43-44H2,1-2H3,(H,48,51)/b34-32+,42-40+. The molecule has 0 radical (unpaired) electrons. The van der Waals surface area contributed by atoms with Gasteiger partial charge in [-0.2, -0.15) is 0 Å². The van der Waals surface area contributed by atoms with Gasteiger partial charge in [-0.15, -0.1) is 0 Å². The minimum atomic E-state index is -0.858. The predicted octanol–water partition coefficient (Wildman–Crippen LogP) is 14.4. The third kappa shape index (κ3) is 39.9. The maximum absolute atomic E-state index is 12.4. The SMILES string of the molecule is CCCCCCCCCCCCCCCCCC/C=C/CC/C=C/C(O)C(CO)NC(=O)CCCCCCCCCCCCCCCCCCC. The monoisotopic (exact) mass is 718 g/mol. The summed E-state index contributed by atoms with van der Waals surface area (Å²) < 4.78 is 0. The molecule has 4 nitrogen and oxygen atoms in total. The normalized spacial score (nSPS) is 13.1. The molecule has 0 fully saturated rings. The summed E-state index contributed by atoms with van der Waals surface area (Å²) in [5, 5.41) is 23.0. The number of hydrogen-bond donors (Lipinski definition) is 3. The second-order valence-corrected chi connectivity index (χ2v) is 15.8. The summed E-state index contributed by atoms with van der Waals surface area (Å²) in [6, 6.07) is -0.634. The maximum Gasteiger partial charge on any atom is 0.220 e. The Balaban J connectivity index is 3.56. The quantitative estimate of drug-likeness (QED) is 0.0435. The lowest BCUT2D eigenvalue weighted by Crippen LogP contribution is -2.45. The minimum Gasteiger partial charge on any atom is -0.394 e. The van der Waals surface area contributed by atoms with Gasteiger partial charge >= 0.3 is 0 Å². The van der Waals surface area contributed by atoms with E-state index in [-0.39, 0.29) is 12.5 Å². The molecule has 0 bridgehead atoms. The van der Waals surface area contributed by atoms with Crippen LogP contribution in [0.3, 0.4) is 0 Å². The third-order valence-electron chi connectivity index (χ3n) is 10.7. The highest BCUT2D eigenvalue weighted by atomic mass is 16.3. The van der Waals surface area contributed by atoms with Crippen LogP contribution >= 0.6 is 0 Å². The Morgan fingerprint density at radius 1 is 0.451 bits per heavy atom. The lowest BCUT2D eigenvalue weighted by molar-refractivity contribution is -0.123. The van der Waals surface area contributed by atoms with Crippen LogP contribution in [-0.4, -0.2) is 34.9 Å². The zero-order chi connectivity index (χ0) is 37.1. The number of allylic oxidation sites excluding steroid dienone is 3. The highest BCUT2D eigenvalue weighted by molar-refractivity contribution is 5.76. The van der Waals surface area contributed by atoms with Crippen molar-refractivity contribution < 1.29 is 15.0 Å². The maximum atomic E-state index is 12.4. The van der Waals surface area contributed by atoms with Crippen LogP contribution in [-0.2, 0) is 4.79 Å². The summed E-state index contributed by atoms with van der Waals surface area (Å²) in [6.07, 6.45) is 55.8. The lowest BCUT2D eigenvalue weighted by Gasteiger charge is -2.19. The summed E-state index contributed by atoms with van der Waals surface area (Å²) in [4.78, 5) is 12.4. The van der Waals surface area contributed by atoms with Crippen LogP contribution in [0.4, 0.5) is 0 Å². The summed E-state index contributed by atoms with van der Waals surface area (Å²) in [6.45, 7) is 4.32. The van der Waals surface area contributed by atoms with Gasteiger partial charge in [-0.05, 0) is 32.1 Å². The first kappa shape index (κ1) is 49.9. The summed E-state index contributed by atoms with van der Waals surface area (Å²) in [7, 11) is 0. The molecule has 0 saturated heterocycles. The molecule has 0 spiro atoms. The van der Waals surface area contributed by atoms with Crippen LogP contribution in [0.25, 0.3) is 0 Å². The smallest absolute Gasteiger partial charge is 0.220 e. The topological polar surface area (TPSA) is 69.6 Å². The molecule has 3 N–H and O–H groups in total. The van der Waals surface area contributed by atoms with Crippen LogP contribution < -0.4 is 5.32 Å². The zero-order valence-electron chi connectivity index (χ0n) is 34.6. The van der Waals surface area contributed by atoms with Gasteiger partial charge in [-0.1, -0.05) is 237 Å². The number of hydrogen-bond acceptors (Lipinski definition) is 3. The number of carbonyl (C=O) groups is 1. The number of rotatable bonds is 42. The van der Waals surface area contributed by atoms with E-state index in [0.29, 0.717) is 6.42 Å². The summed E-state index contributed by atoms with van der Waals surface area (Å²) >= 11 is 0. The molecule has 2 unspecified atom stereocenters. The molecule has 0 aliphatic carbocycles. The Morgan fingerprint density at radius 3 is 1.14 bits per heavy atom.